The summed E-state index contributed by atoms with van der Waals surface area (Å²) in [5.74, 6) is 2.95. The van der Waals surface area contributed by atoms with Gasteiger partial charge in [-0.1, -0.05) is 73.3 Å². The molecule has 4 aliphatic carbocycles. The van der Waals surface area contributed by atoms with Crippen LogP contribution in [0.25, 0.3) is 17.2 Å². The Hall–Kier alpha value is -2.08. The molecule has 0 nitrogen and oxygen atoms in total. The number of allylic oxidation sites excluding steroid dienone is 2. The maximum Gasteiger partial charge on any atom is -0.00449 e. The van der Waals surface area contributed by atoms with Gasteiger partial charge in [-0.2, -0.15) is 0 Å². The number of hydrogen-bond donors (Lipinski definition) is 0. The molecular formula is C26H28. The first-order valence-electron chi connectivity index (χ1n) is 10.2. The molecule has 0 atom stereocenters. The summed E-state index contributed by atoms with van der Waals surface area (Å²) in [6.45, 7) is 4.54. The van der Waals surface area contributed by atoms with Crippen LogP contribution in [0.1, 0.15) is 44.1 Å². The standard InChI is InChI=1S/C26H28/c1-19(26-16-21-13-22(17-26)15-23(14-21)18-26)7-8-20-9-11-25(12-10-20)24-5-3-2-4-6-24/h2-12,21-23H,1,13-18H2/b8-7+. The molecule has 0 aliphatic heterocycles. The van der Waals surface area contributed by atoms with Gasteiger partial charge in [-0.15, -0.1) is 0 Å². The average Bonchev–Trinajstić information content (AvgIpc) is 2.66. The monoisotopic (exact) mass is 340 g/mol. The van der Waals surface area contributed by atoms with Crippen molar-refractivity contribution < 1.29 is 0 Å². The van der Waals surface area contributed by atoms with Crippen molar-refractivity contribution in [1.29, 1.82) is 0 Å². The van der Waals surface area contributed by atoms with Gasteiger partial charge in [0.05, 0.1) is 0 Å². The van der Waals surface area contributed by atoms with Crippen LogP contribution in [0.4, 0.5) is 0 Å². The lowest BCUT2D eigenvalue weighted by Gasteiger charge is -2.57. The zero-order valence-electron chi connectivity index (χ0n) is 15.5. The molecule has 0 N–H and O–H groups in total. The molecule has 6 rings (SSSR count). The van der Waals surface area contributed by atoms with Crippen molar-refractivity contribution in [3.63, 3.8) is 0 Å². The fourth-order valence-electron chi connectivity index (χ4n) is 6.29. The van der Waals surface area contributed by atoms with Gasteiger partial charge in [0.15, 0.2) is 0 Å². The quantitative estimate of drug-likeness (QED) is 0.519. The molecule has 0 amide bonds. The Bertz CT molecular complexity index is 787. The second-order valence-electron chi connectivity index (χ2n) is 9.04. The zero-order valence-corrected chi connectivity index (χ0v) is 15.5. The van der Waals surface area contributed by atoms with E-state index in [2.05, 4.69) is 73.3 Å². The van der Waals surface area contributed by atoms with E-state index in [4.69, 9.17) is 0 Å². The van der Waals surface area contributed by atoms with Crippen LogP contribution < -0.4 is 0 Å². The summed E-state index contributed by atoms with van der Waals surface area (Å²) in [6.07, 6.45) is 13.3. The van der Waals surface area contributed by atoms with Gasteiger partial charge in [0.1, 0.15) is 0 Å². The average molecular weight is 341 g/mol. The molecule has 0 heteroatoms. The van der Waals surface area contributed by atoms with Gasteiger partial charge in [0.25, 0.3) is 0 Å². The van der Waals surface area contributed by atoms with E-state index in [0.717, 1.165) is 17.8 Å². The highest BCUT2D eigenvalue weighted by Crippen LogP contribution is 2.62. The maximum atomic E-state index is 4.54. The van der Waals surface area contributed by atoms with Crippen LogP contribution in [-0.2, 0) is 0 Å². The number of benzene rings is 2. The van der Waals surface area contributed by atoms with Crippen molar-refractivity contribution in [2.24, 2.45) is 23.2 Å². The molecule has 0 unspecified atom stereocenters. The Morgan fingerprint density at radius 3 is 1.88 bits per heavy atom. The van der Waals surface area contributed by atoms with Gasteiger partial charge in [0, 0.05) is 0 Å². The van der Waals surface area contributed by atoms with E-state index in [9.17, 15) is 0 Å². The largest absolute Gasteiger partial charge is 0.0953 e. The molecule has 4 bridgehead atoms. The Labute approximate surface area is 157 Å². The van der Waals surface area contributed by atoms with E-state index in [1.165, 1.54) is 60.8 Å². The van der Waals surface area contributed by atoms with Gasteiger partial charge >= 0.3 is 0 Å². The van der Waals surface area contributed by atoms with Crippen LogP contribution in [0.5, 0.6) is 0 Å². The molecule has 132 valence electrons. The Morgan fingerprint density at radius 2 is 1.31 bits per heavy atom. The lowest BCUT2D eigenvalue weighted by atomic mass is 9.48. The van der Waals surface area contributed by atoms with Crippen LogP contribution in [0.3, 0.4) is 0 Å². The zero-order chi connectivity index (χ0) is 17.6. The SMILES string of the molecule is C=C(/C=C/c1ccc(-c2ccccc2)cc1)C12CC3CC(CC(C3)C1)C2. The molecule has 0 aromatic heterocycles. The summed E-state index contributed by atoms with van der Waals surface area (Å²) < 4.78 is 0. The topological polar surface area (TPSA) is 0 Å². The fourth-order valence-corrected chi connectivity index (χ4v) is 6.29. The Balaban J connectivity index is 1.32. The lowest BCUT2D eigenvalue weighted by Crippen LogP contribution is -2.46. The summed E-state index contributed by atoms with van der Waals surface area (Å²) in [5, 5.41) is 0. The van der Waals surface area contributed by atoms with E-state index in [-0.39, 0.29) is 0 Å². The highest BCUT2D eigenvalue weighted by molar-refractivity contribution is 5.66. The third kappa shape index (κ3) is 2.86. The summed E-state index contributed by atoms with van der Waals surface area (Å²) in [6, 6.07) is 19.5. The predicted octanol–water partition coefficient (Wildman–Crippen LogP) is 7.14. The molecule has 2 aromatic rings. The molecule has 0 saturated heterocycles. The molecular weight excluding hydrogens is 312 g/mol. The Kier molecular flexibility index (Phi) is 3.89. The van der Waals surface area contributed by atoms with Gasteiger partial charge in [0.2, 0.25) is 0 Å². The molecule has 4 saturated carbocycles. The predicted molar refractivity (Wildman–Crippen MR) is 111 cm³/mol. The van der Waals surface area contributed by atoms with E-state index in [0.29, 0.717) is 5.41 Å². The van der Waals surface area contributed by atoms with Crippen molar-refractivity contribution in [3.8, 4) is 11.1 Å². The van der Waals surface area contributed by atoms with E-state index in [1.54, 1.807) is 0 Å². The van der Waals surface area contributed by atoms with Crippen LogP contribution in [0, 0.1) is 23.2 Å². The van der Waals surface area contributed by atoms with Crippen molar-refractivity contribution in [3.05, 3.63) is 78.4 Å². The highest BCUT2D eigenvalue weighted by Gasteiger charge is 2.51. The summed E-state index contributed by atoms with van der Waals surface area (Å²) >= 11 is 0. The van der Waals surface area contributed by atoms with Crippen LogP contribution in [0.2, 0.25) is 0 Å². The van der Waals surface area contributed by atoms with Crippen LogP contribution >= 0.6 is 0 Å². The molecule has 2 aromatic carbocycles. The number of hydrogen-bond acceptors (Lipinski definition) is 0. The van der Waals surface area contributed by atoms with E-state index >= 15 is 0 Å². The van der Waals surface area contributed by atoms with Gasteiger partial charge in [-0.25, -0.2) is 0 Å². The normalized spacial score (nSPS) is 32.2. The molecule has 0 spiro atoms. The van der Waals surface area contributed by atoms with Crippen LogP contribution in [-0.4, -0.2) is 0 Å². The smallest absolute Gasteiger partial charge is 0.00449 e. The molecule has 26 heavy (non-hydrogen) atoms. The summed E-state index contributed by atoms with van der Waals surface area (Å²) in [4.78, 5) is 0. The molecule has 0 heterocycles. The van der Waals surface area contributed by atoms with Crippen molar-refractivity contribution in [2.75, 3.05) is 0 Å². The van der Waals surface area contributed by atoms with Gasteiger partial charge in [-0.3, -0.25) is 0 Å². The van der Waals surface area contributed by atoms with E-state index in [1.807, 2.05) is 0 Å². The number of rotatable bonds is 4. The minimum atomic E-state index is 0.426. The molecule has 4 fully saturated rings. The third-order valence-corrected chi connectivity index (χ3v) is 7.21. The summed E-state index contributed by atoms with van der Waals surface area (Å²) in [5.41, 5.74) is 5.65. The highest BCUT2D eigenvalue weighted by atomic mass is 14.6. The van der Waals surface area contributed by atoms with Crippen LogP contribution in [0.15, 0.2) is 72.8 Å². The summed E-state index contributed by atoms with van der Waals surface area (Å²) in [7, 11) is 0. The second-order valence-corrected chi connectivity index (χ2v) is 9.04. The lowest BCUT2D eigenvalue weighted by molar-refractivity contribution is -0.0282. The minimum absolute atomic E-state index is 0.426. The van der Waals surface area contributed by atoms with Gasteiger partial charge < -0.3 is 0 Å². The third-order valence-electron chi connectivity index (χ3n) is 7.21. The first-order chi connectivity index (χ1) is 12.7. The fraction of sp³-hybridized carbons (Fsp3) is 0.385. The first kappa shape index (κ1) is 16.1. The maximum absolute atomic E-state index is 4.54. The van der Waals surface area contributed by atoms with Crippen molar-refractivity contribution in [1.82, 2.24) is 0 Å². The van der Waals surface area contributed by atoms with Crippen molar-refractivity contribution >= 4 is 6.08 Å². The molecule has 0 radical (unpaired) electrons. The van der Waals surface area contributed by atoms with Crippen molar-refractivity contribution in [2.45, 2.75) is 38.5 Å². The first-order valence-corrected chi connectivity index (χ1v) is 10.2. The second kappa shape index (κ2) is 6.27. The van der Waals surface area contributed by atoms with Gasteiger partial charge in [-0.05, 0) is 84.0 Å². The molecule has 4 aliphatic rings. The Morgan fingerprint density at radius 1 is 0.769 bits per heavy atom. The van der Waals surface area contributed by atoms with E-state index < -0.39 is 0 Å². The minimum Gasteiger partial charge on any atom is -0.0953 e.